The Morgan fingerprint density at radius 3 is 2.61 bits per heavy atom. The van der Waals surface area contributed by atoms with Gasteiger partial charge >= 0.3 is 0 Å². The van der Waals surface area contributed by atoms with Gasteiger partial charge in [-0.1, -0.05) is 18.2 Å². The van der Waals surface area contributed by atoms with E-state index in [4.69, 9.17) is 4.74 Å². The van der Waals surface area contributed by atoms with E-state index in [1.54, 1.807) is 6.20 Å². The summed E-state index contributed by atoms with van der Waals surface area (Å²) in [6, 6.07) is 11.5. The number of carbonyl (C=O) groups excluding carboxylic acids is 1. The van der Waals surface area contributed by atoms with E-state index in [2.05, 4.69) is 15.2 Å². The average molecular weight is 311 g/mol. The fourth-order valence-electron chi connectivity index (χ4n) is 2.60. The number of ether oxygens (including phenoxy) is 1. The minimum atomic E-state index is -0.0315. The molecule has 0 atom stereocenters. The van der Waals surface area contributed by atoms with Gasteiger partial charge in [0.25, 0.3) is 5.91 Å². The summed E-state index contributed by atoms with van der Waals surface area (Å²) in [6.07, 6.45) is 3.57. The molecule has 1 fully saturated rings. The number of benzene rings is 1. The maximum absolute atomic E-state index is 12.2. The quantitative estimate of drug-likeness (QED) is 0.915. The van der Waals surface area contributed by atoms with Gasteiger partial charge in [0.15, 0.2) is 0 Å². The van der Waals surface area contributed by atoms with Crippen molar-refractivity contribution >= 4 is 5.91 Å². The SMILES string of the molecule is O=C(NCCN1CCOCC1)c1ccc(-c2cccnc2)cc1. The molecule has 0 bridgehead atoms. The zero-order chi connectivity index (χ0) is 15.9. The second kappa shape index (κ2) is 7.85. The van der Waals surface area contributed by atoms with Crippen molar-refractivity contribution in [1.29, 1.82) is 0 Å². The number of amides is 1. The lowest BCUT2D eigenvalue weighted by Gasteiger charge is -2.26. The minimum Gasteiger partial charge on any atom is -0.379 e. The number of carbonyl (C=O) groups is 1. The molecular formula is C18H21N3O2. The molecule has 1 amide bonds. The Morgan fingerprint density at radius 1 is 1.13 bits per heavy atom. The van der Waals surface area contributed by atoms with Crippen molar-refractivity contribution in [1.82, 2.24) is 15.2 Å². The summed E-state index contributed by atoms with van der Waals surface area (Å²) in [4.78, 5) is 18.6. The van der Waals surface area contributed by atoms with Crippen molar-refractivity contribution in [2.75, 3.05) is 39.4 Å². The lowest BCUT2D eigenvalue weighted by Crippen LogP contribution is -2.41. The van der Waals surface area contributed by atoms with Crippen LogP contribution in [-0.4, -0.2) is 55.2 Å². The average Bonchev–Trinajstić information content (AvgIpc) is 2.63. The standard InChI is InChI=1S/C18H21N3O2/c22-18(20-8-9-21-10-12-23-13-11-21)16-5-3-15(4-6-16)17-2-1-7-19-14-17/h1-7,14H,8-13H2,(H,20,22). The molecule has 23 heavy (non-hydrogen) atoms. The molecule has 2 heterocycles. The largest absolute Gasteiger partial charge is 0.379 e. The first-order valence-corrected chi connectivity index (χ1v) is 7.92. The molecule has 1 aromatic carbocycles. The van der Waals surface area contributed by atoms with Gasteiger partial charge in [0, 0.05) is 44.1 Å². The topological polar surface area (TPSA) is 54.5 Å². The summed E-state index contributed by atoms with van der Waals surface area (Å²) >= 11 is 0. The fraction of sp³-hybridized carbons (Fsp3) is 0.333. The second-order valence-electron chi connectivity index (χ2n) is 5.53. The van der Waals surface area contributed by atoms with Crippen LogP contribution in [0.5, 0.6) is 0 Å². The van der Waals surface area contributed by atoms with Crippen LogP contribution in [0.3, 0.4) is 0 Å². The summed E-state index contributed by atoms with van der Waals surface area (Å²) in [5, 5.41) is 2.97. The van der Waals surface area contributed by atoms with Gasteiger partial charge in [-0.25, -0.2) is 0 Å². The van der Waals surface area contributed by atoms with Crippen LogP contribution >= 0.6 is 0 Å². The molecule has 0 spiro atoms. The molecule has 1 aliphatic heterocycles. The molecule has 1 aromatic heterocycles. The van der Waals surface area contributed by atoms with Gasteiger partial charge in [0.1, 0.15) is 0 Å². The number of nitrogens with one attached hydrogen (secondary N) is 1. The first kappa shape index (κ1) is 15.6. The van der Waals surface area contributed by atoms with Crippen molar-refractivity contribution in [2.45, 2.75) is 0 Å². The van der Waals surface area contributed by atoms with Crippen molar-refractivity contribution < 1.29 is 9.53 Å². The predicted octanol–water partition coefficient (Wildman–Crippen LogP) is 1.81. The van der Waals surface area contributed by atoms with Gasteiger partial charge in [-0.05, 0) is 29.3 Å². The third-order valence-electron chi connectivity index (χ3n) is 3.96. The third kappa shape index (κ3) is 4.37. The summed E-state index contributed by atoms with van der Waals surface area (Å²) in [5.41, 5.74) is 2.79. The number of hydrogen-bond donors (Lipinski definition) is 1. The van der Waals surface area contributed by atoms with Gasteiger partial charge in [-0.2, -0.15) is 0 Å². The first-order chi connectivity index (χ1) is 11.3. The van der Waals surface area contributed by atoms with Crippen LogP contribution in [0.15, 0.2) is 48.8 Å². The molecule has 0 radical (unpaired) electrons. The number of nitrogens with zero attached hydrogens (tertiary/aromatic N) is 2. The van der Waals surface area contributed by atoms with Gasteiger partial charge in [0.2, 0.25) is 0 Å². The Morgan fingerprint density at radius 2 is 1.91 bits per heavy atom. The molecule has 1 saturated heterocycles. The van der Waals surface area contributed by atoms with Crippen LogP contribution < -0.4 is 5.32 Å². The van der Waals surface area contributed by atoms with E-state index in [-0.39, 0.29) is 5.91 Å². The lowest BCUT2D eigenvalue weighted by molar-refractivity contribution is 0.0383. The van der Waals surface area contributed by atoms with E-state index in [9.17, 15) is 4.79 Å². The Labute approximate surface area is 136 Å². The summed E-state index contributed by atoms with van der Waals surface area (Å²) in [7, 11) is 0. The molecule has 0 aliphatic carbocycles. The Kier molecular flexibility index (Phi) is 5.34. The molecular weight excluding hydrogens is 290 g/mol. The molecule has 2 aromatic rings. The highest BCUT2D eigenvalue weighted by atomic mass is 16.5. The zero-order valence-corrected chi connectivity index (χ0v) is 13.1. The van der Waals surface area contributed by atoms with Crippen LogP contribution in [0.25, 0.3) is 11.1 Å². The second-order valence-corrected chi connectivity index (χ2v) is 5.53. The molecule has 5 heteroatoms. The fourth-order valence-corrected chi connectivity index (χ4v) is 2.60. The Hall–Kier alpha value is -2.24. The van der Waals surface area contributed by atoms with Crippen LogP contribution in [-0.2, 0) is 4.74 Å². The third-order valence-corrected chi connectivity index (χ3v) is 3.96. The van der Waals surface area contributed by atoms with Crippen LogP contribution in [0.4, 0.5) is 0 Å². The van der Waals surface area contributed by atoms with E-state index in [0.29, 0.717) is 12.1 Å². The summed E-state index contributed by atoms with van der Waals surface area (Å²) < 4.78 is 5.31. The number of pyridine rings is 1. The maximum Gasteiger partial charge on any atom is 0.251 e. The maximum atomic E-state index is 12.2. The summed E-state index contributed by atoms with van der Waals surface area (Å²) in [5.74, 6) is -0.0315. The predicted molar refractivity (Wildman–Crippen MR) is 89.3 cm³/mol. The molecule has 120 valence electrons. The normalized spacial score (nSPS) is 15.3. The molecule has 5 nitrogen and oxygen atoms in total. The van der Waals surface area contributed by atoms with E-state index >= 15 is 0 Å². The van der Waals surface area contributed by atoms with E-state index in [1.165, 1.54) is 0 Å². The molecule has 1 aliphatic rings. The van der Waals surface area contributed by atoms with Gasteiger partial charge < -0.3 is 10.1 Å². The molecule has 1 N–H and O–H groups in total. The Bertz CT molecular complexity index is 622. The monoisotopic (exact) mass is 311 g/mol. The van der Waals surface area contributed by atoms with Gasteiger partial charge in [0.05, 0.1) is 13.2 Å². The highest BCUT2D eigenvalue weighted by Crippen LogP contribution is 2.18. The van der Waals surface area contributed by atoms with Gasteiger partial charge in [-0.15, -0.1) is 0 Å². The number of morpholine rings is 1. The van der Waals surface area contributed by atoms with Crippen molar-refractivity contribution in [3.63, 3.8) is 0 Å². The molecule has 0 unspecified atom stereocenters. The van der Waals surface area contributed by atoms with Crippen molar-refractivity contribution in [3.8, 4) is 11.1 Å². The van der Waals surface area contributed by atoms with Gasteiger partial charge in [-0.3, -0.25) is 14.7 Å². The smallest absolute Gasteiger partial charge is 0.251 e. The molecule has 0 saturated carbocycles. The van der Waals surface area contributed by atoms with Crippen LogP contribution in [0, 0.1) is 0 Å². The minimum absolute atomic E-state index is 0.0315. The summed E-state index contributed by atoms with van der Waals surface area (Å²) in [6.45, 7) is 4.96. The van der Waals surface area contributed by atoms with E-state index in [0.717, 1.165) is 44.0 Å². The highest BCUT2D eigenvalue weighted by molar-refractivity contribution is 5.94. The van der Waals surface area contributed by atoms with Crippen LogP contribution in [0.2, 0.25) is 0 Å². The molecule has 3 rings (SSSR count). The number of aromatic nitrogens is 1. The highest BCUT2D eigenvalue weighted by Gasteiger charge is 2.11. The number of hydrogen-bond acceptors (Lipinski definition) is 4. The van der Waals surface area contributed by atoms with Crippen molar-refractivity contribution in [3.05, 3.63) is 54.4 Å². The van der Waals surface area contributed by atoms with E-state index in [1.807, 2.05) is 42.6 Å². The number of rotatable bonds is 5. The van der Waals surface area contributed by atoms with E-state index < -0.39 is 0 Å². The first-order valence-electron chi connectivity index (χ1n) is 7.92. The Balaban J connectivity index is 1.51. The van der Waals surface area contributed by atoms with Crippen molar-refractivity contribution in [2.24, 2.45) is 0 Å². The zero-order valence-electron chi connectivity index (χ0n) is 13.1. The van der Waals surface area contributed by atoms with Crippen LogP contribution in [0.1, 0.15) is 10.4 Å². The lowest BCUT2D eigenvalue weighted by atomic mass is 10.1.